The van der Waals surface area contributed by atoms with E-state index in [-0.39, 0.29) is 5.63 Å². The van der Waals surface area contributed by atoms with Crippen molar-refractivity contribution < 1.29 is 13.9 Å². The van der Waals surface area contributed by atoms with E-state index in [0.29, 0.717) is 18.6 Å². The topological polar surface area (TPSA) is 51.9 Å². The molecule has 0 bridgehead atoms. The summed E-state index contributed by atoms with van der Waals surface area (Å²) in [5.74, 6) is 0.762. The molecule has 1 aliphatic heterocycles. The second-order valence-electron chi connectivity index (χ2n) is 6.45. The van der Waals surface area contributed by atoms with E-state index in [1.54, 1.807) is 12.2 Å². The Bertz CT molecular complexity index is 862. The third kappa shape index (κ3) is 3.89. The SMILES string of the molecule is C=CCOc1c(CN2CCOCC2)cc2c(C)cc(=O)oc2c1CC=C. The Balaban J connectivity index is 2.17. The van der Waals surface area contributed by atoms with Crippen LogP contribution in [0.4, 0.5) is 0 Å². The zero-order chi connectivity index (χ0) is 18.5. The van der Waals surface area contributed by atoms with Crippen molar-refractivity contribution in [1.29, 1.82) is 0 Å². The van der Waals surface area contributed by atoms with Crippen molar-refractivity contribution in [1.82, 2.24) is 4.90 Å². The Hall–Kier alpha value is -2.37. The molecule has 0 unspecified atom stereocenters. The van der Waals surface area contributed by atoms with Crippen LogP contribution in [0, 0.1) is 6.92 Å². The van der Waals surface area contributed by atoms with Crippen molar-refractivity contribution in [2.75, 3.05) is 32.9 Å². The fraction of sp³-hybridized carbons (Fsp3) is 0.381. The minimum Gasteiger partial charge on any atom is -0.489 e. The van der Waals surface area contributed by atoms with Crippen molar-refractivity contribution >= 4 is 11.0 Å². The Morgan fingerprint density at radius 1 is 1.23 bits per heavy atom. The minimum atomic E-state index is -0.351. The predicted molar refractivity (Wildman–Crippen MR) is 103 cm³/mol. The monoisotopic (exact) mass is 355 g/mol. The third-order valence-corrected chi connectivity index (χ3v) is 4.56. The van der Waals surface area contributed by atoms with Crippen LogP contribution < -0.4 is 10.4 Å². The first kappa shape index (κ1) is 18.4. The average molecular weight is 355 g/mol. The molecule has 138 valence electrons. The number of fused-ring (bicyclic) bond motifs is 1. The van der Waals surface area contributed by atoms with Gasteiger partial charge in [-0.25, -0.2) is 4.79 Å². The lowest BCUT2D eigenvalue weighted by Crippen LogP contribution is -2.35. The fourth-order valence-corrected chi connectivity index (χ4v) is 3.33. The van der Waals surface area contributed by atoms with E-state index in [1.807, 2.05) is 6.92 Å². The van der Waals surface area contributed by atoms with Gasteiger partial charge in [-0.2, -0.15) is 0 Å². The lowest BCUT2D eigenvalue weighted by atomic mass is 9.99. The molecule has 5 heteroatoms. The van der Waals surface area contributed by atoms with Crippen molar-refractivity contribution in [3.63, 3.8) is 0 Å². The van der Waals surface area contributed by atoms with Crippen LogP contribution in [-0.4, -0.2) is 37.8 Å². The largest absolute Gasteiger partial charge is 0.489 e. The maximum absolute atomic E-state index is 11.9. The quantitative estimate of drug-likeness (QED) is 0.564. The Labute approximate surface area is 153 Å². The van der Waals surface area contributed by atoms with Crippen LogP contribution >= 0.6 is 0 Å². The minimum absolute atomic E-state index is 0.351. The van der Waals surface area contributed by atoms with Gasteiger partial charge in [-0.1, -0.05) is 18.7 Å². The van der Waals surface area contributed by atoms with E-state index < -0.39 is 0 Å². The van der Waals surface area contributed by atoms with Crippen LogP contribution in [0.1, 0.15) is 16.7 Å². The van der Waals surface area contributed by atoms with Gasteiger partial charge in [0.15, 0.2) is 0 Å². The molecular weight excluding hydrogens is 330 g/mol. The van der Waals surface area contributed by atoms with E-state index >= 15 is 0 Å². The number of allylic oxidation sites excluding steroid dienone is 1. The van der Waals surface area contributed by atoms with Crippen molar-refractivity contribution in [2.45, 2.75) is 19.9 Å². The number of ether oxygens (including phenoxy) is 2. The highest BCUT2D eigenvalue weighted by atomic mass is 16.5. The highest BCUT2D eigenvalue weighted by molar-refractivity contribution is 5.86. The number of benzene rings is 1. The van der Waals surface area contributed by atoms with Crippen LogP contribution in [0.2, 0.25) is 0 Å². The van der Waals surface area contributed by atoms with E-state index in [0.717, 1.165) is 60.7 Å². The highest BCUT2D eigenvalue weighted by Crippen LogP contribution is 2.35. The van der Waals surface area contributed by atoms with Gasteiger partial charge in [-0.15, -0.1) is 6.58 Å². The zero-order valence-corrected chi connectivity index (χ0v) is 15.3. The summed E-state index contributed by atoms with van der Waals surface area (Å²) in [6.07, 6.45) is 4.08. The van der Waals surface area contributed by atoms with Gasteiger partial charge in [0.2, 0.25) is 0 Å². The summed E-state index contributed by atoms with van der Waals surface area (Å²) < 4.78 is 17.0. The van der Waals surface area contributed by atoms with Gasteiger partial charge >= 0.3 is 5.63 Å². The molecule has 1 saturated heterocycles. The summed E-state index contributed by atoms with van der Waals surface area (Å²) in [6, 6.07) is 3.61. The van der Waals surface area contributed by atoms with Gasteiger partial charge in [-0.3, -0.25) is 4.90 Å². The van der Waals surface area contributed by atoms with Gasteiger partial charge in [0, 0.05) is 42.2 Å². The zero-order valence-electron chi connectivity index (χ0n) is 15.3. The van der Waals surface area contributed by atoms with Crippen molar-refractivity contribution in [3.05, 3.63) is 64.6 Å². The molecule has 1 fully saturated rings. The second-order valence-corrected chi connectivity index (χ2v) is 6.45. The average Bonchev–Trinajstić information content (AvgIpc) is 2.63. The second kappa shape index (κ2) is 8.34. The molecule has 0 spiro atoms. The van der Waals surface area contributed by atoms with E-state index in [1.165, 1.54) is 6.07 Å². The van der Waals surface area contributed by atoms with Crippen LogP contribution in [0.3, 0.4) is 0 Å². The van der Waals surface area contributed by atoms with Crippen LogP contribution in [0.25, 0.3) is 11.0 Å². The van der Waals surface area contributed by atoms with Crippen LogP contribution in [0.5, 0.6) is 5.75 Å². The summed E-state index contributed by atoms with van der Waals surface area (Å²) in [5, 5.41) is 0.940. The molecule has 2 aromatic rings. The van der Waals surface area contributed by atoms with Gasteiger partial charge in [0.1, 0.15) is 17.9 Å². The number of rotatable bonds is 7. The third-order valence-electron chi connectivity index (χ3n) is 4.56. The molecule has 0 radical (unpaired) electrons. The Morgan fingerprint density at radius 3 is 2.69 bits per heavy atom. The first-order valence-corrected chi connectivity index (χ1v) is 8.88. The molecule has 1 aromatic heterocycles. The maximum Gasteiger partial charge on any atom is 0.336 e. The molecule has 0 aliphatic carbocycles. The molecule has 2 heterocycles. The molecule has 26 heavy (non-hydrogen) atoms. The number of morpholine rings is 1. The maximum atomic E-state index is 11.9. The first-order chi connectivity index (χ1) is 12.6. The van der Waals surface area contributed by atoms with Crippen molar-refractivity contribution in [3.8, 4) is 5.75 Å². The summed E-state index contributed by atoms with van der Waals surface area (Å²) in [7, 11) is 0. The highest BCUT2D eigenvalue weighted by Gasteiger charge is 2.20. The Morgan fingerprint density at radius 2 is 2.00 bits per heavy atom. The molecular formula is C21H25NO4. The first-order valence-electron chi connectivity index (χ1n) is 8.88. The summed E-state index contributed by atoms with van der Waals surface area (Å²) in [4.78, 5) is 14.3. The van der Waals surface area contributed by atoms with Gasteiger partial charge < -0.3 is 13.9 Å². The van der Waals surface area contributed by atoms with E-state index in [4.69, 9.17) is 13.9 Å². The van der Waals surface area contributed by atoms with Gasteiger partial charge in [0.05, 0.1) is 13.2 Å². The number of hydrogen-bond donors (Lipinski definition) is 0. The Kier molecular flexibility index (Phi) is 5.91. The molecule has 0 atom stereocenters. The summed E-state index contributed by atoms with van der Waals surface area (Å²) >= 11 is 0. The van der Waals surface area contributed by atoms with E-state index in [9.17, 15) is 4.79 Å². The van der Waals surface area contributed by atoms with Gasteiger partial charge in [0.25, 0.3) is 0 Å². The number of nitrogens with zero attached hydrogens (tertiary/aromatic N) is 1. The molecule has 1 aromatic carbocycles. The predicted octanol–water partition coefficient (Wildman–Crippen LogP) is 3.23. The molecule has 0 saturated carbocycles. The number of aryl methyl sites for hydroxylation is 1. The molecule has 0 amide bonds. The molecule has 1 aliphatic rings. The lowest BCUT2D eigenvalue weighted by Gasteiger charge is -2.28. The summed E-state index contributed by atoms with van der Waals surface area (Å²) in [6.45, 7) is 13.9. The van der Waals surface area contributed by atoms with Crippen LogP contribution in [-0.2, 0) is 17.7 Å². The van der Waals surface area contributed by atoms with Gasteiger partial charge in [-0.05, 0) is 25.0 Å². The lowest BCUT2D eigenvalue weighted by molar-refractivity contribution is 0.0338. The molecule has 0 N–H and O–H groups in total. The normalized spacial score (nSPS) is 15.1. The molecule has 5 nitrogen and oxygen atoms in total. The smallest absolute Gasteiger partial charge is 0.336 e. The fourth-order valence-electron chi connectivity index (χ4n) is 3.33. The van der Waals surface area contributed by atoms with Crippen LogP contribution in [0.15, 0.2) is 46.7 Å². The van der Waals surface area contributed by atoms with E-state index in [2.05, 4.69) is 24.1 Å². The standard InChI is InChI=1S/C21H25NO4/c1-4-6-17-20(25-9-5-2)16(14-22-7-10-24-11-8-22)13-18-15(3)12-19(23)26-21(17)18/h4-5,12-13H,1-2,6-11,14H2,3H3. The number of hydrogen-bond acceptors (Lipinski definition) is 5. The summed E-state index contributed by atoms with van der Waals surface area (Å²) in [5.41, 5.74) is 3.08. The molecule has 3 rings (SSSR count). The van der Waals surface area contributed by atoms with Crippen molar-refractivity contribution in [2.24, 2.45) is 0 Å².